The summed E-state index contributed by atoms with van der Waals surface area (Å²) < 4.78 is 0. The second-order valence-corrected chi connectivity index (χ2v) is 6.29. The maximum atomic E-state index is 5.83. The molecule has 0 aliphatic rings. The van der Waals surface area contributed by atoms with Crippen molar-refractivity contribution in [3.8, 4) is 0 Å². The second kappa shape index (κ2) is 6.75. The molecular formula is C13H19N3S2. The van der Waals surface area contributed by atoms with Crippen molar-refractivity contribution >= 4 is 34.3 Å². The number of nitrogens with two attached hydrogens (primary N) is 1. The molecule has 0 unspecified atom stereocenters. The van der Waals surface area contributed by atoms with Crippen LogP contribution >= 0.6 is 24.0 Å². The number of amidine groups is 1. The van der Waals surface area contributed by atoms with Gasteiger partial charge in [-0.15, -0.1) is 0 Å². The molecule has 1 rings (SSSR count). The summed E-state index contributed by atoms with van der Waals surface area (Å²) >= 11 is 6.60. The molecule has 0 saturated heterocycles. The molecule has 5 heteroatoms. The van der Waals surface area contributed by atoms with Crippen molar-refractivity contribution in [2.24, 2.45) is 10.7 Å². The number of thioether (sulfide) groups is 1. The van der Waals surface area contributed by atoms with E-state index in [9.17, 15) is 0 Å². The van der Waals surface area contributed by atoms with Crippen molar-refractivity contribution in [1.29, 1.82) is 0 Å². The standard InChI is InChI=1S/C13H19N3S2/c1-13(2,3)16-12(17)15-11(14)18-9-10-7-5-4-6-8-10/h4-8H,9H2,1-3H3,(H3,14,15,16,17). The molecule has 0 fully saturated rings. The van der Waals surface area contributed by atoms with Gasteiger partial charge >= 0.3 is 0 Å². The maximum Gasteiger partial charge on any atom is 0.195 e. The minimum atomic E-state index is -0.0923. The molecule has 0 radical (unpaired) electrons. The van der Waals surface area contributed by atoms with Crippen LogP contribution in [-0.4, -0.2) is 15.8 Å². The smallest absolute Gasteiger partial charge is 0.195 e. The highest BCUT2D eigenvalue weighted by atomic mass is 32.2. The molecule has 0 bridgehead atoms. The van der Waals surface area contributed by atoms with Gasteiger partial charge in [0.05, 0.1) is 0 Å². The van der Waals surface area contributed by atoms with E-state index in [1.54, 1.807) is 0 Å². The number of rotatable bonds is 2. The monoisotopic (exact) mass is 281 g/mol. The number of hydrogen-bond donors (Lipinski definition) is 2. The van der Waals surface area contributed by atoms with Gasteiger partial charge < -0.3 is 11.1 Å². The summed E-state index contributed by atoms with van der Waals surface area (Å²) in [6.07, 6.45) is 0. The minimum absolute atomic E-state index is 0.0923. The molecule has 1 aromatic rings. The van der Waals surface area contributed by atoms with E-state index in [2.05, 4.69) is 22.4 Å². The van der Waals surface area contributed by atoms with E-state index in [4.69, 9.17) is 18.0 Å². The Morgan fingerprint density at radius 1 is 1.33 bits per heavy atom. The number of aliphatic imine (C=N–C) groups is 1. The molecule has 3 nitrogen and oxygen atoms in total. The van der Waals surface area contributed by atoms with Crippen LogP contribution in [0.5, 0.6) is 0 Å². The molecule has 0 aliphatic carbocycles. The third kappa shape index (κ3) is 6.61. The Morgan fingerprint density at radius 3 is 2.50 bits per heavy atom. The van der Waals surface area contributed by atoms with E-state index in [1.807, 2.05) is 39.0 Å². The van der Waals surface area contributed by atoms with Gasteiger partial charge in [-0.05, 0) is 38.6 Å². The summed E-state index contributed by atoms with van der Waals surface area (Å²) in [4.78, 5) is 4.16. The molecule has 0 heterocycles. The van der Waals surface area contributed by atoms with Crippen molar-refractivity contribution in [2.45, 2.75) is 32.1 Å². The Hall–Kier alpha value is -1.07. The lowest BCUT2D eigenvalue weighted by molar-refractivity contribution is 0.513. The van der Waals surface area contributed by atoms with Gasteiger partial charge in [-0.1, -0.05) is 42.1 Å². The van der Waals surface area contributed by atoms with Crippen LogP contribution in [0.4, 0.5) is 0 Å². The number of thiocarbonyl (C=S) groups is 1. The van der Waals surface area contributed by atoms with Crippen LogP contribution < -0.4 is 11.1 Å². The Morgan fingerprint density at radius 2 is 1.94 bits per heavy atom. The fourth-order valence-electron chi connectivity index (χ4n) is 1.21. The van der Waals surface area contributed by atoms with Crippen molar-refractivity contribution in [3.05, 3.63) is 35.9 Å². The SMILES string of the molecule is CC(C)(C)NC(=S)/N=C(\N)SCc1ccccc1. The van der Waals surface area contributed by atoms with Gasteiger partial charge in [-0.25, -0.2) is 0 Å². The van der Waals surface area contributed by atoms with E-state index in [0.717, 1.165) is 5.75 Å². The van der Waals surface area contributed by atoms with Crippen LogP contribution in [0.15, 0.2) is 35.3 Å². The van der Waals surface area contributed by atoms with Crippen molar-refractivity contribution in [3.63, 3.8) is 0 Å². The largest absolute Gasteiger partial charge is 0.378 e. The molecule has 98 valence electrons. The van der Waals surface area contributed by atoms with Gasteiger partial charge in [0.1, 0.15) is 0 Å². The van der Waals surface area contributed by atoms with E-state index in [0.29, 0.717) is 10.3 Å². The predicted molar refractivity (Wildman–Crippen MR) is 84.8 cm³/mol. The summed E-state index contributed by atoms with van der Waals surface area (Å²) in [5, 5.41) is 4.02. The third-order valence-electron chi connectivity index (χ3n) is 1.92. The Balaban J connectivity index is 2.45. The molecule has 0 amide bonds. The van der Waals surface area contributed by atoms with Crippen molar-refractivity contribution < 1.29 is 0 Å². The molecule has 18 heavy (non-hydrogen) atoms. The van der Waals surface area contributed by atoms with Gasteiger partial charge in [-0.2, -0.15) is 4.99 Å². The number of nitrogens with zero attached hydrogens (tertiary/aromatic N) is 1. The number of nitrogens with one attached hydrogen (secondary N) is 1. The summed E-state index contributed by atoms with van der Waals surface area (Å²) in [6, 6.07) is 10.1. The molecule has 0 spiro atoms. The Labute approximate surface area is 118 Å². The third-order valence-corrected chi connectivity index (χ3v) is 2.98. The predicted octanol–water partition coefficient (Wildman–Crippen LogP) is 2.91. The first-order valence-electron chi connectivity index (χ1n) is 5.70. The summed E-state index contributed by atoms with van der Waals surface area (Å²) in [5.74, 6) is 0.800. The minimum Gasteiger partial charge on any atom is -0.378 e. The molecule has 0 aromatic heterocycles. The van der Waals surface area contributed by atoms with Gasteiger partial charge in [0, 0.05) is 11.3 Å². The lowest BCUT2D eigenvalue weighted by Gasteiger charge is -2.20. The van der Waals surface area contributed by atoms with Gasteiger partial charge in [-0.3, -0.25) is 0 Å². The van der Waals surface area contributed by atoms with E-state index < -0.39 is 0 Å². The molecule has 0 atom stereocenters. The zero-order chi connectivity index (χ0) is 13.6. The van der Waals surface area contributed by atoms with Crippen LogP contribution in [0.1, 0.15) is 26.3 Å². The zero-order valence-electron chi connectivity index (χ0n) is 10.9. The van der Waals surface area contributed by atoms with Crippen LogP contribution in [0.3, 0.4) is 0 Å². The van der Waals surface area contributed by atoms with Crippen molar-refractivity contribution in [2.75, 3.05) is 0 Å². The lowest BCUT2D eigenvalue weighted by atomic mass is 10.1. The van der Waals surface area contributed by atoms with Crippen LogP contribution in [-0.2, 0) is 5.75 Å². The quantitative estimate of drug-likeness (QED) is 0.497. The zero-order valence-corrected chi connectivity index (χ0v) is 12.6. The van der Waals surface area contributed by atoms with Crippen LogP contribution in [0.25, 0.3) is 0 Å². The van der Waals surface area contributed by atoms with E-state index >= 15 is 0 Å². The van der Waals surface area contributed by atoms with Gasteiger partial charge in [0.2, 0.25) is 0 Å². The molecule has 0 aliphatic heterocycles. The average Bonchev–Trinajstić information content (AvgIpc) is 2.25. The van der Waals surface area contributed by atoms with Gasteiger partial charge in [0.25, 0.3) is 0 Å². The first kappa shape index (κ1) is 15.0. The highest BCUT2D eigenvalue weighted by Crippen LogP contribution is 2.11. The summed E-state index contributed by atoms with van der Waals surface area (Å²) in [7, 11) is 0. The Kier molecular flexibility index (Phi) is 5.62. The Bertz CT molecular complexity index is 422. The summed E-state index contributed by atoms with van der Waals surface area (Å²) in [6.45, 7) is 6.09. The first-order chi connectivity index (χ1) is 8.37. The first-order valence-corrected chi connectivity index (χ1v) is 7.09. The molecule has 3 N–H and O–H groups in total. The van der Waals surface area contributed by atoms with Crippen LogP contribution in [0, 0.1) is 0 Å². The molecule has 0 saturated carbocycles. The molecule has 1 aromatic carbocycles. The van der Waals surface area contributed by atoms with Crippen molar-refractivity contribution in [1.82, 2.24) is 5.32 Å². The normalized spacial score (nSPS) is 12.3. The van der Waals surface area contributed by atoms with E-state index in [-0.39, 0.29) is 5.54 Å². The average molecular weight is 281 g/mol. The highest BCUT2D eigenvalue weighted by molar-refractivity contribution is 8.13. The fraction of sp³-hybridized carbons (Fsp3) is 0.385. The lowest BCUT2D eigenvalue weighted by Crippen LogP contribution is -2.39. The topological polar surface area (TPSA) is 50.4 Å². The number of hydrogen-bond acceptors (Lipinski definition) is 2. The number of benzene rings is 1. The fourth-order valence-corrected chi connectivity index (χ4v) is 2.34. The van der Waals surface area contributed by atoms with Gasteiger partial charge in [0.15, 0.2) is 10.3 Å². The highest BCUT2D eigenvalue weighted by Gasteiger charge is 2.10. The maximum absolute atomic E-state index is 5.83. The summed E-state index contributed by atoms with van der Waals surface area (Å²) in [5.41, 5.74) is 6.95. The molecular weight excluding hydrogens is 262 g/mol. The van der Waals surface area contributed by atoms with E-state index in [1.165, 1.54) is 17.3 Å². The second-order valence-electron chi connectivity index (χ2n) is 4.90. The van der Waals surface area contributed by atoms with Crippen LogP contribution in [0.2, 0.25) is 0 Å².